The molecular formula is C10H18N2. The van der Waals surface area contributed by atoms with Gasteiger partial charge in [0.15, 0.2) is 0 Å². The van der Waals surface area contributed by atoms with Crippen molar-refractivity contribution in [2.75, 3.05) is 0 Å². The Balaban J connectivity index is 2.36. The topological polar surface area (TPSA) is 35.8 Å². The van der Waals surface area contributed by atoms with Crippen LogP contribution in [0.1, 0.15) is 39.5 Å². The van der Waals surface area contributed by atoms with Gasteiger partial charge in [0.25, 0.3) is 0 Å². The van der Waals surface area contributed by atoms with E-state index >= 15 is 0 Å². The van der Waals surface area contributed by atoms with Crippen LogP contribution >= 0.6 is 0 Å². The second-order valence-electron chi connectivity index (χ2n) is 3.75. The summed E-state index contributed by atoms with van der Waals surface area (Å²) in [7, 11) is 0. The minimum Gasteiger partial charge on any atom is -0.310 e. The molecule has 0 saturated heterocycles. The van der Waals surface area contributed by atoms with Gasteiger partial charge in [-0.1, -0.05) is 13.3 Å². The first kappa shape index (κ1) is 9.54. The van der Waals surface area contributed by atoms with Gasteiger partial charge in [-0.3, -0.25) is 0 Å². The van der Waals surface area contributed by atoms with E-state index < -0.39 is 0 Å². The third-order valence-corrected chi connectivity index (χ3v) is 2.79. The summed E-state index contributed by atoms with van der Waals surface area (Å²) in [6, 6.07) is 3.40. The molecule has 1 saturated carbocycles. The fourth-order valence-electron chi connectivity index (χ4n) is 1.80. The molecule has 3 atom stereocenters. The van der Waals surface area contributed by atoms with E-state index in [0.717, 1.165) is 12.8 Å². The van der Waals surface area contributed by atoms with Crippen molar-refractivity contribution in [2.45, 2.75) is 51.6 Å². The van der Waals surface area contributed by atoms with Gasteiger partial charge in [0, 0.05) is 12.1 Å². The third-order valence-electron chi connectivity index (χ3n) is 2.79. The summed E-state index contributed by atoms with van der Waals surface area (Å²) in [5.74, 6) is 0.263. The van der Waals surface area contributed by atoms with Crippen LogP contribution < -0.4 is 5.32 Å². The highest BCUT2D eigenvalue weighted by Gasteiger charge is 2.27. The number of hydrogen-bond acceptors (Lipinski definition) is 2. The highest BCUT2D eigenvalue weighted by atomic mass is 15.0. The van der Waals surface area contributed by atoms with E-state index in [0.29, 0.717) is 12.1 Å². The summed E-state index contributed by atoms with van der Waals surface area (Å²) < 4.78 is 0. The molecular weight excluding hydrogens is 148 g/mol. The van der Waals surface area contributed by atoms with Crippen LogP contribution in [0.2, 0.25) is 0 Å². The Kier molecular flexibility index (Phi) is 3.55. The number of nitrogens with zero attached hydrogens (tertiary/aromatic N) is 1. The molecule has 1 aliphatic rings. The Morgan fingerprint density at radius 1 is 1.58 bits per heavy atom. The molecule has 0 heterocycles. The standard InChI is InChI=1S/C10H18N2/c1-3-8(2)12-10-6-4-5-9(10)7-11/h8-10,12H,3-6H2,1-2H3/t8-,9-,10-/m0/s1. The van der Waals surface area contributed by atoms with E-state index in [1.165, 1.54) is 12.8 Å². The third kappa shape index (κ3) is 2.22. The average Bonchev–Trinajstić information content (AvgIpc) is 2.51. The van der Waals surface area contributed by atoms with Crippen LogP contribution in [0.25, 0.3) is 0 Å². The smallest absolute Gasteiger partial charge is 0.0672 e. The van der Waals surface area contributed by atoms with Gasteiger partial charge in [-0.15, -0.1) is 0 Å². The second kappa shape index (κ2) is 4.47. The highest BCUT2D eigenvalue weighted by Crippen LogP contribution is 2.25. The van der Waals surface area contributed by atoms with Crippen LogP contribution in [0.3, 0.4) is 0 Å². The Labute approximate surface area is 75.0 Å². The van der Waals surface area contributed by atoms with Gasteiger partial charge in [-0.05, 0) is 26.2 Å². The average molecular weight is 166 g/mol. The Bertz CT molecular complexity index is 171. The molecule has 0 aromatic heterocycles. The van der Waals surface area contributed by atoms with Crippen LogP contribution in [0.5, 0.6) is 0 Å². The lowest BCUT2D eigenvalue weighted by Gasteiger charge is -2.20. The molecule has 1 N–H and O–H groups in total. The van der Waals surface area contributed by atoms with Crippen molar-refractivity contribution >= 4 is 0 Å². The van der Waals surface area contributed by atoms with Crippen LogP contribution in [0, 0.1) is 17.2 Å². The van der Waals surface area contributed by atoms with Crippen molar-refractivity contribution in [3.8, 4) is 6.07 Å². The normalized spacial score (nSPS) is 31.4. The lowest BCUT2D eigenvalue weighted by molar-refractivity contribution is 0.404. The summed E-state index contributed by atoms with van der Waals surface area (Å²) >= 11 is 0. The van der Waals surface area contributed by atoms with Gasteiger partial charge < -0.3 is 5.32 Å². The molecule has 2 heteroatoms. The van der Waals surface area contributed by atoms with Crippen molar-refractivity contribution in [3.05, 3.63) is 0 Å². The Morgan fingerprint density at radius 3 is 2.92 bits per heavy atom. The zero-order chi connectivity index (χ0) is 8.97. The fourth-order valence-corrected chi connectivity index (χ4v) is 1.80. The maximum atomic E-state index is 8.83. The largest absolute Gasteiger partial charge is 0.310 e. The van der Waals surface area contributed by atoms with E-state index in [2.05, 4.69) is 25.2 Å². The molecule has 12 heavy (non-hydrogen) atoms. The second-order valence-corrected chi connectivity index (χ2v) is 3.75. The summed E-state index contributed by atoms with van der Waals surface area (Å²) in [4.78, 5) is 0. The van der Waals surface area contributed by atoms with Gasteiger partial charge >= 0.3 is 0 Å². The monoisotopic (exact) mass is 166 g/mol. The molecule has 1 rings (SSSR count). The van der Waals surface area contributed by atoms with Crippen LogP contribution in [-0.2, 0) is 0 Å². The Hall–Kier alpha value is -0.550. The molecule has 0 spiro atoms. The van der Waals surface area contributed by atoms with E-state index in [4.69, 9.17) is 5.26 Å². The number of rotatable bonds is 3. The maximum Gasteiger partial charge on any atom is 0.0672 e. The predicted octanol–water partition coefficient (Wildman–Crippen LogP) is 2.07. The molecule has 0 radical (unpaired) electrons. The summed E-state index contributed by atoms with van der Waals surface area (Å²) in [6.07, 6.45) is 4.63. The molecule has 0 bridgehead atoms. The highest BCUT2D eigenvalue weighted by molar-refractivity contribution is 4.96. The van der Waals surface area contributed by atoms with Crippen LogP contribution in [0.4, 0.5) is 0 Å². The molecule has 0 unspecified atom stereocenters. The Morgan fingerprint density at radius 2 is 2.33 bits per heavy atom. The lowest BCUT2D eigenvalue weighted by Crippen LogP contribution is -2.38. The number of hydrogen-bond donors (Lipinski definition) is 1. The van der Waals surface area contributed by atoms with Crippen LogP contribution in [-0.4, -0.2) is 12.1 Å². The minimum atomic E-state index is 0.263. The molecule has 0 amide bonds. The van der Waals surface area contributed by atoms with Gasteiger partial charge in [-0.2, -0.15) is 5.26 Å². The number of nitriles is 1. The molecule has 0 aromatic rings. The SMILES string of the molecule is CC[C@H](C)N[C@H]1CCC[C@H]1C#N. The molecule has 68 valence electrons. The van der Waals surface area contributed by atoms with E-state index in [1.54, 1.807) is 0 Å². The lowest BCUT2D eigenvalue weighted by atomic mass is 10.0. The molecule has 2 nitrogen and oxygen atoms in total. The van der Waals surface area contributed by atoms with Crippen molar-refractivity contribution in [3.63, 3.8) is 0 Å². The first-order chi connectivity index (χ1) is 5.77. The maximum absolute atomic E-state index is 8.83. The van der Waals surface area contributed by atoms with E-state index in [1.807, 2.05) is 0 Å². The molecule has 0 aromatic carbocycles. The predicted molar refractivity (Wildman–Crippen MR) is 49.6 cm³/mol. The fraction of sp³-hybridized carbons (Fsp3) is 0.900. The van der Waals surface area contributed by atoms with Gasteiger partial charge in [-0.25, -0.2) is 0 Å². The first-order valence-electron chi connectivity index (χ1n) is 4.93. The molecule has 1 fully saturated rings. The van der Waals surface area contributed by atoms with E-state index in [9.17, 15) is 0 Å². The van der Waals surface area contributed by atoms with Crippen molar-refractivity contribution < 1.29 is 0 Å². The van der Waals surface area contributed by atoms with Crippen molar-refractivity contribution in [1.29, 1.82) is 5.26 Å². The quantitative estimate of drug-likeness (QED) is 0.696. The summed E-state index contributed by atoms with van der Waals surface area (Å²) in [5, 5.41) is 12.3. The van der Waals surface area contributed by atoms with E-state index in [-0.39, 0.29) is 5.92 Å². The molecule has 1 aliphatic carbocycles. The van der Waals surface area contributed by atoms with Crippen molar-refractivity contribution in [1.82, 2.24) is 5.32 Å². The summed E-state index contributed by atoms with van der Waals surface area (Å²) in [5.41, 5.74) is 0. The first-order valence-corrected chi connectivity index (χ1v) is 4.93. The summed E-state index contributed by atoms with van der Waals surface area (Å²) in [6.45, 7) is 4.36. The zero-order valence-corrected chi connectivity index (χ0v) is 8.01. The number of nitrogens with one attached hydrogen (secondary N) is 1. The molecule has 0 aliphatic heterocycles. The van der Waals surface area contributed by atoms with Gasteiger partial charge in [0.2, 0.25) is 0 Å². The minimum absolute atomic E-state index is 0.263. The van der Waals surface area contributed by atoms with Crippen LogP contribution in [0.15, 0.2) is 0 Å². The van der Waals surface area contributed by atoms with Crippen molar-refractivity contribution in [2.24, 2.45) is 5.92 Å². The van der Waals surface area contributed by atoms with Gasteiger partial charge in [0.1, 0.15) is 0 Å². The van der Waals surface area contributed by atoms with Gasteiger partial charge in [0.05, 0.1) is 12.0 Å². The zero-order valence-electron chi connectivity index (χ0n) is 8.01.